The average molecular weight is 344 g/mol. The molecule has 0 aliphatic carbocycles. The molecule has 4 nitrogen and oxygen atoms in total. The molecule has 2 aliphatic rings. The van der Waals surface area contributed by atoms with Gasteiger partial charge in [0.25, 0.3) is 0 Å². The van der Waals surface area contributed by atoms with Crippen LogP contribution >= 0.6 is 0 Å². The third-order valence-corrected chi connectivity index (χ3v) is 6.16. The van der Waals surface area contributed by atoms with E-state index in [4.69, 9.17) is 10.5 Å². The molecule has 4 heteroatoms. The van der Waals surface area contributed by atoms with Crippen molar-refractivity contribution in [1.82, 2.24) is 4.90 Å². The Balaban J connectivity index is 1.47. The molecule has 1 aromatic rings. The molecule has 0 aromatic heterocycles. The lowest BCUT2D eigenvalue weighted by molar-refractivity contribution is -0.148. The van der Waals surface area contributed by atoms with Gasteiger partial charge in [-0.3, -0.25) is 4.79 Å². The van der Waals surface area contributed by atoms with Crippen molar-refractivity contribution in [3.05, 3.63) is 35.4 Å². The first kappa shape index (κ1) is 18.4. The first-order chi connectivity index (χ1) is 12.1. The van der Waals surface area contributed by atoms with Gasteiger partial charge in [-0.1, -0.05) is 29.8 Å². The second-order valence-corrected chi connectivity index (χ2v) is 7.86. The molecule has 0 spiro atoms. The molecule has 0 saturated carbocycles. The van der Waals surface area contributed by atoms with E-state index in [9.17, 15) is 4.79 Å². The van der Waals surface area contributed by atoms with Crippen molar-refractivity contribution in [3.63, 3.8) is 0 Å². The van der Waals surface area contributed by atoms with Crippen LogP contribution in [0.25, 0.3) is 0 Å². The third kappa shape index (κ3) is 4.42. The molecule has 0 radical (unpaired) electrons. The molecule has 3 rings (SSSR count). The van der Waals surface area contributed by atoms with E-state index in [0.717, 1.165) is 51.1 Å². The molecule has 2 N–H and O–H groups in total. The highest BCUT2D eigenvalue weighted by Crippen LogP contribution is 2.33. The van der Waals surface area contributed by atoms with E-state index in [1.807, 2.05) is 0 Å². The lowest BCUT2D eigenvalue weighted by Crippen LogP contribution is -2.52. The summed E-state index contributed by atoms with van der Waals surface area (Å²) in [4.78, 5) is 15.1. The van der Waals surface area contributed by atoms with Gasteiger partial charge in [-0.25, -0.2) is 0 Å². The van der Waals surface area contributed by atoms with E-state index in [1.54, 1.807) is 0 Å². The van der Waals surface area contributed by atoms with Crippen LogP contribution in [0, 0.1) is 18.3 Å². The van der Waals surface area contributed by atoms with Crippen LogP contribution in [0.2, 0.25) is 0 Å². The van der Waals surface area contributed by atoms with Crippen LogP contribution < -0.4 is 5.73 Å². The maximum absolute atomic E-state index is 13.0. The largest absolute Gasteiger partial charge is 0.381 e. The molecule has 2 aliphatic heterocycles. The lowest BCUT2D eigenvalue weighted by Gasteiger charge is -2.41. The number of amides is 1. The van der Waals surface area contributed by atoms with Crippen molar-refractivity contribution in [2.45, 2.75) is 45.4 Å². The summed E-state index contributed by atoms with van der Waals surface area (Å²) in [7, 11) is 0. The zero-order chi connectivity index (χ0) is 17.7. The van der Waals surface area contributed by atoms with Crippen molar-refractivity contribution in [3.8, 4) is 0 Å². The van der Waals surface area contributed by atoms with Crippen LogP contribution in [0.1, 0.15) is 43.2 Å². The standard InChI is InChI=1S/C21H32N2O2/c1-17-2-4-18(5-3-17)6-7-19-8-12-23(13-9-19)20(24)21(16-22)10-14-25-15-11-21/h2-5,19H,6-16,22H2,1H3. The van der Waals surface area contributed by atoms with E-state index in [-0.39, 0.29) is 11.3 Å². The summed E-state index contributed by atoms with van der Waals surface area (Å²) in [5, 5.41) is 0. The van der Waals surface area contributed by atoms with Gasteiger partial charge in [0.2, 0.25) is 5.91 Å². The number of nitrogens with zero attached hydrogens (tertiary/aromatic N) is 1. The number of benzene rings is 1. The number of hydrogen-bond acceptors (Lipinski definition) is 3. The lowest BCUT2D eigenvalue weighted by atomic mass is 9.78. The number of aryl methyl sites for hydroxylation is 2. The maximum atomic E-state index is 13.0. The monoisotopic (exact) mass is 344 g/mol. The van der Waals surface area contributed by atoms with Gasteiger partial charge in [0, 0.05) is 32.8 Å². The Kier molecular flexibility index (Phi) is 6.13. The summed E-state index contributed by atoms with van der Waals surface area (Å²) in [6, 6.07) is 8.86. The highest BCUT2D eigenvalue weighted by Gasteiger charge is 2.42. The Bertz CT molecular complexity index is 556. The number of ether oxygens (including phenoxy) is 1. The van der Waals surface area contributed by atoms with Crippen LogP contribution in [0.5, 0.6) is 0 Å². The minimum atomic E-state index is -0.368. The van der Waals surface area contributed by atoms with Gasteiger partial charge in [0.1, 0.15) is 0 Å². The van der Waals surface area contributed by atoms with E-state index >= 15 is 0 Å². The fourth-order valence-corrected chi connectivity index (χ4v) is 4.15. The Morgan fingerprint density at radius 2 is 1.84 bits per heavy atom. The molecule has 2 heterocycles. The molecule has 2 saturated heterocycles. The van der Waals surface area contributed by atoms with Gasteiger partial charge in [-0.15, -0.1) is 0 Å². The zero-order valence-corrected chi connectivity index (χ0v) is 15.5. The minimum absolute atomic E-state index is 0.273. The van der Waals surface area contributed by atoms with Crippen LogP contribution in [-0.2, 0) is 16.0 Å². The molecule has 0 bridgehead atoms. The van der Waals surface area contributed by atoms with Gasteiger partial charge in [-0.2, -0.15) is 0 Å². The minimum Gasteiger partial charge on any atom is -0.381 e. The summed E-state index contributed by atoms with van der Waals surface area (Å²) in [6.07, 6.45) is 6.15. The maximum Gasteiger partial charge on any atom is 0.230 e. The highest BCUT2D eigenvalue weighted by molar-refractivity contribution is 5.83. The van der Waals surface area contributed by atoms with Gasteiger partial charge in [-0.05, 0) is 56.9 Å². The van der Waals surface area contributed by atoms with Gasteiger partial charge in [0.15, 0.2) is 0 Å². The summed E-state index contributed by atoms with van der Waals surface area (Å²) < 4.78 is 5.44. The molecule has 0 atom stereocenters. The normalized spacial score (nSPS) is 21.3. The summed E-state index contributed by atoms with van der Waals surface area (Å²) in [5.41, 5.74) is 8.37. The number of nitrogens with two attached hydrogens (primary N) is 1. The second kappa shape index (κ2) is 8.33. The fourth-order valence-electron chi connectivity index (χ4n) is 4.15. The third-order valence-electron chi connectivity index (χ3n) is 6.16. The summed E-state index contributed by atoms with van der Waals surface area (Å²) in [6.45, 7) is 5.68. The number of carbonyl (C=O) groups is 1. The first-order valence-corrected chi connectivity index (χ1v) is 9.76. The molecule has 2 fully saturated rings. The number of rotatable bonds is 5. The van der Waals surface area contributed by atoms with Crippen LogP contribution in [-0.4, -0.2) is 43.7 Å². The first-order valence-electron chi connectivity index (χ1n) is 9.76. The van der Waals surface area contributed by atoms with Crippen molar-refractivity contribution in [2.75, 3.05) is 32.8 Å². The van der Waals surface area contributed by atoms with Crippen LogP contribution in [0.3, 0.4) is 0 Å². The second-order valence-electron chi connectivity index (χ2n) is 7.86. The number of likely N-dealkylation sites (tertiary alicyclic amines) is 1. The average Bonchev–Trinajstić information content (AvgIpc) is 2.68. The fraction of sp³-hybridized carbons (Fsp3) is 0.667. The van der Waals surface area contributed by atoms with E-state index < -0.39 is 0 Å². The smallest absolute Gasteiger partial charge is 0.230 e. The van der Waals surface area contributed by atoms with E-state index in [2.05, 4.69) is 36.1 Å². The molecule has 1 aromatic carbocycles. The SMILES string of the molecule is Cc1ccc(CCC2CCN(C(=O)C3(CN)CCOCC3)CC2)cc1. The van der Waals surface area contributed by atoms with Gasteiger partial charge >= 0.3 is 0 Å². The Labute approximate surface area is 151 Å². The van der Waals surface area contributed by atoms with Crippen LogP contribution in [0.4, 0.5) is 0 Å². The number of piperidine rings is 1. The summed E-state index contributed by atoms with van der Waals surface area (Å²) in [5.74, 6) is 1.00. The Morgan fingerprint density at radius 1 is 1.20 bits per heavy atom. The Morgan fingerprint density at radius 3 is 2.44 bits per heavy atom. The van der Waals surface area contributed by atoms with Gasteiger partial charge in [0.05, 0.1) is 5.41 Å². The number of hydrogen-bond donors (Lipinski definition) is 1. The van der Waals surface area contributed by atoms with Crippen molar-refractivity contribution in [2.24, 2.45) is 17.1 Å². The van der Waals surface area contributed by atoms with Crippen molar-refractivity contribution >= 4 is 5.91 Å². The molecular weight excluding hydrogens is 312 g/mol. The molecule has 0 unspecified atom stereocenters. The van der Waals surface area contributed by atoms with E-state index in [1.165, 1.54) is 17.5 Å². The van der Waals surface area contributed by atoms with Crippen LogP contribution in [0.15, 0.2) is 24.3 Å². The van der Waals surface area contributed by atoms with E-state index in [0.29, 0.717) is 19.8 Å². The number of carbonyl (C=O) groups excluding carboxylic acids is 1. The van der Waals surface area contributed by atoms with Crippen molar-refractivity contribution < 1.29 is 9.53 Å². The predicted molar refractivity (Wildman–Crippen MR) is 100 cm³/mol. The molecule has 1 amide bonds. The Hall–Kier alpha value is -1.39. The predicted octanol–water partition coefficient (Wildman–Crippen LogP) is 2.92. The molecule has 138 valence electrons. The highest BCUT2D eigenvalue weighted by atomic mass is 16.5. The van der Waals surface area contributed by atoms with Crippen molar-refractivity contribution in [1.29, 1.82) is 0 Å². The molecular formula is C21H32N2O2. The van der Waals surface area contributed by atoms with Gasteiger partial charge < -0.3 is 15.4 Å². The quantitative estimate of drug-likeness (QED) is 0.893. The molecule has 25 heavy (non-hydrogen) atoms. The zero-order valence-electron chi connectivity index (χ0n) is 15.5. The topological polar surface area (TPSA) is 55.6 Å². The summed E-state index contributed by atoms with van der Waals surface area (Å²) >= 11 is 0.